The zero-order valence-corrected chi connectivity index (χ0v) is 21.6. The van der Waals surface area contributed by atoms with Crippen molar-refractivity contribution in [3.05, 3.63) is 42.0 Å². The Labute approximate surface area is 215 Å². The van der Waals surface area contributed by atoms with Crippen LogP contribution in [-0.4, -0.2) is 88.8 Å². The number of hydrogen-bond donors (Lipinski definition) is 2. The molecule has 1 atom stereocenters. The molecule has 9 nitrogen and oxygen atoms in total. The molecule has 3 aliphatic carbocycles. The molecule has 1 aromatic carbocycles. The summed E-state index contributed by atoms with van der Waals surface area (Å²) in [6.07, 6.45) is 3.87. The van der Waals surface area contributed by atoms with Crippen LogP contribution in [0.25, 0.3) is 11.0 Å². The normalized spacial score (nSPS) is 25.1. The summed E-state index contributed by atoms with van der Waals surface area (Å²) >= 11 is 0. The van der Waals surface area contributed by atoms with Crippen LogP contribution in [0.5, 0.6) is 0 Å². The molecule has 37 heavy (non-hydrogen) atoms. The van der Waals surface area contributed by atoms with Gasteiger partial charge < -0.3 is 24.8 Å². The zero-order valence-electron chi connectivity index (χ0n) is 21.6. The molecular weight excluding hydrogens is 473 g/mol. The summed E-state index contributed by atoms with van der Waals surface area (Å²) in [7, 11) is 3.53. The van der Waals surface area contributed by atoms with Crippen LogP contribution in [0.4, 0.5) is 21.7 Å². The number of benzene rings is 1. The Morgan fingerprint density at radius 2 is 1.97 bits per heavy atom. The van der Waals surface area contributed by atoms with E-state index in [4.69, 9.17) is 10.1 Å². The summed E-state index contributed by atoms with van der Waals surface area (Å²) in [6.45, 7) is 6.08. The standard InChI is InChI=1S/C27H34FN7O2/c1-17-19-14-27(17,15-19)35-23(25(37)32(2)3)12-18-16-29-26(31-24(18)35)30-20-4-5-22(21(28)13-20)34-8-6-33(7-9-34)10-11-36/h4-5,12-13,16-17,19,36H,6-11,14-15H2,1-3H3,(H,29,30,31)/t17-,19?,27?/m1/s1. The van der Waals surface area contributed by atoms with E-state index < -0.39 is 0 Å². The fraction of sp³-hybridized carbons (Fsp3) is 0.519. The SMILES string of the molecule is C[C@@H]1C2CC1(n1c(C(=O)N(C)C)cc3cnc(Nc4ccc(N5CCN(CCO)CC5)c(F)c4)nc31)C2. The number of fused-ring (bicyclic) bond motifs is 1. The van der Waals surface area contributed by atoms with Gasteiger partial charge in [-0.3, -0.25) is 9.69 Å². The van der Waals surface area contributed by atoms with Gasteiger partial charge in [0.2, 0.25) is 5.95 Å². The first-order chi connectivity index (χ1) is 17.8. The van der Waals surface area contributed by atoms with Gasteiger partial charge in [0.15, 0.2) is 0 Å². The quantitative estimate of drug-likeness (QED) is 0.508. The second kappa shape index (κ2) is 8.95. The number of aliphatic hydroxyl groups is 1. The molecule has 7 rings (SSSR count). The molecule has 4 fully saturated rings. The highest BCUT2D eigenvalue weighted by atomic mass is 19.1. The van der Waals surface area contributed by atoms with Crippen molar-refractivity contribution in [1.29, 1.82) is 0 Å². The van der Waals surface area contributed by atoms with E-state index in [0.29, 0.717) is 35.5 Å². The minimum Gasteiger partial charge on any atom is -0.395 e. The van der Waals surface area contributed by atoms with Gasteiger partial charge in [0.05, 0.1) is 17.8 Å². The highest BCUT2D eigenvalue weighted by Crippen LogP contribution is 2.67. The van der Waals surface area contributed by atoms with E-state index in [2.05, 4.69) is 26.7 Å². The number of carbonyl (C=O) groups is 1. The summed E-state index contributed by atoms with van der Waals surface area (Å²) in [5.74, 6) is 1.26. The fourth-order valence-corrected chi connectivity index (χ4v) is 6.29. The predicted octanol–water partition coefficient (Wildman–Crippen LogP) is 2.89. The first-order valence-corrected chi connectivity index (χ1v) is 13.1. The molecular formula is C27H34FN7O2. The lowest BCUT2D eigenvalue weighted by Crippen LogP contribution is -2.67. The van der Waals surface area contributed by atoms with Gasteiger partial charge in [-0.25, -0.2) is 9.37 Å². The van der Waals surface area contributed by atoms with Crippen molar-refractivity contribution in [2.24, 2.45) is 11.8 Å². The molecule has 1 aliphatic heterocycles. The maximum atomic E-state index is 15.1. The Kier molecular flexibility index (Phi) is 5.83. The number of halogens is 1. The molecule has 196 valence electrons. The lowest BCUT2D eigenvalue weighted by Gasteiger charge is -2.68. The van der Waals surface area contributed by atoms with Crippen LogP contribution in [0, 0.1) is 17.7 Å². The third kappa shape index (κ3) is 3.85. The van der Waals surface area contributed by atoms with Gasteiger partial charge in [0.25, 0.3) is 5.91 Å². The summed E-state index contributed by atoms with van der Waals surface area (Å²) in [5.41, 5.74) is 2.47. The van der Waals surface area contributed by atoms with Crippen LogP contribution in [0.15, 0.2) is 30.5 Å². The Morgan fingerprint density at radius 3 is 2.57 bits per heavy atom. The van der Waals surface area contributed by atoms with Crippen LogP contribution in [-0.2, 0) is 5.54 Å². The number of aromatic nitrogens is 3. The first kappa shape index (κ1) is 24.1. The molecule has 3 saturated carbocycles. The summed E-state index contributed by atoms with van der Waals surface area (Å²) in [5, 5.41) is 13.1. The Hall–Kier alpha value is -3.24. The van der Waals surface area contributed by atoms with Crippen molar-refractivity contribution >= 4 is 34.3 Å². The highest BCUT2D eigenvalue weighted by Gasteiger charge is 2.65. The molecule has 3 aromatic rings. The third-order valence-electron chi connectivity index (χ3n) is 8.73. The number of amides is 1. The van der Waals surface area contributed by atoms with Crippen LogP contribution < -0.4 is 10.2 Å². The molecule has 3 heterocycles. The molecule has 10 heteroatoms. The van der Waals surface area contributed by atoms with Gasteiger partial charge in [-0.05, 0) is 48.9 Å². The fourth-order valence-electron chi connectivity index (χ4n) is 6.29. The van der Waals surface area contributed by atoms with E-state index in [0.717, 1.165) is 56.0 Å². The number of rotatable bonds is 7. The van der Waals surface area contributed by atoms with Gasteiger partial charge in [-0.1, -0.05) is 6.92 Å². The van der Waals surface area contributed by atoms with Gasteiger partial charge in [-0.2, -0.15) is 4.98 Å². The van der Waals surface area contributed by atoms with E-state index in [-0.39, 0.29) is 23.9 Å². The Balaban J connectivity index is 1.26. The molecule has 2 bridgehead atoms. The summed E-state index contributed by atoms with van der Waals surface area (Å²) in [4.78, 5) is 28.2. The summed E-state index contributed by atoms with van der Waals surface area (Å²) < 4.78 is 17.2. The lowest BCUT2D eigenvalue weighted by atomic mass is 9.42. The van der Waals surface area contributed by atoms with Crippen molar-refractivity contribution in [3.8, 4) is 0 Å². The van der Waals surface area contributed by atoms with E-state index in [1.165, 1.54) is 6.07 Å². The van der Waals surface area contributed by atoms with Gasteiger partial charge in [0, 0.05) is 64.1 Å². The first-order valence-electron chi connectivity index (χ1n) is 13.1. The number of carbonyl (C=O) groups excluding carboxylic acids is 1. The smallest absolute Gasteiger partial charge is 0.270 e. The van der Waals surface area contributed by atoms with Crippen molar-refractivity contribution in [1.82, 2.24) is 24.3 Å². The van der Waals surface area contributed by atoms with E-state index in [1.807, 2.05) is 17.0 Å². The number of nitrogens with zero attached hydrogens (tertiary/aromatic N) is 6. The lowest BCUT2D eigenvalue weighted by molar-refractivity contribution is -0.160. The van der Waals surface area contributed by atoms with Crippen molar-refractivity contribution in [2.75, 3.05) is 63.6 Å². The van der Waals surface area contributed by atoms with Gasteiger partial charge in [-0.15, -0.1) is 0 Å². The Morgan fingerprint density at radius 1 is 1.22 bits per heavy atom. The number of β-amino-alcohol motifs (C(OH)–C–C–N with tert-alkyl or cyclic N) is 1. The number of aliphatic hydroxyl groups excluding tert-OH is 1. The second-order valence-corrected chi connectivity index (χ2v) is 10.9. The van der Waals surface area contributed by atoms with E-state index in [9.17, 15) is 4.79 Å². The average Bonchev–Trinajstić information content (AvgIpc) is 3.22. The maximum Gasteiger partial charge on any atom is 0.270 e. The second-order valence-electron chi connectivity index (χ2n) is 10.9. The number of nitrogens with one attached hydrogen (secondary N) is 1. The molecule has 0 spiro atoms. The summed E-state index contributed by atoms with van der Waals surface area (Å²) in [6, 6.07) is 7.00. The number of piperazine rings is 1. The molecule has 0 unspecified atom stereocenters. The number of hydrogen-bond acceptors (Lipinski definition) is 7. The van der Waals surface area contributed by atoms with Crippen molar-refractivity contribution < 1.29 is 14.3 Å². The molecule has 1 saturated heterocycles. The highest BCUT2D eigenvalue weighted by molar-refractivity contribution is 5.98. The number of anilines is 3. The average molecular weight is 508 g/mol. The molecule has 1 amide bonds. The predicted molar refractivity (Wildman–Crippen MR) is 141 cm³/mol. The van der Waals surface area contributed by atoms with Crippen molar-refractivity contribution in [2.45, 2.75) is 25.3 Å². The Bertz CT molecular complexity index is 1340. The molecule has 2 N–H and O–H groups in total. The van der Waals surface area contributed by atoms with Crippen LogP contribution >= 0.6 is 0 Å². The minimum absolute atomic E-state index is 0.0423. The zero-order chi connectivity index (χ0) is 25.9. The van der Waals surface area contributed by atoms with E-state index >= 15 is 4.39 Å². The monoisotopic (exact) mass is 507 g/mol. The van der Waals surface area contributed by atoms with Gasteiger partial charge >= 0.3 is 0 Å². The van der Waals surface area contributed by atoms with Crippen LogP contribution in [0.1, 0.15) is 30.3 Å². The molecule has 0 radical (unpaired) electrons. The van der Waals surface area contributed by atoms with Crippen LogP contribution in [0.2, 0.25) is 0 Å². The minimum atomic E-state index is -0.299. The van der Waals surface area contributed by atoms with Crippen molar-refractivity contribution in [3.63, 3.8) is 0 Å². The largest absolute Gasteiger partial charge is 0.395 e. The van der Waals surface area contributed by atoms with Crippen LogP contribution in [0.3, 0.4) is 0 Å². The molecule has 4 aliphatic rings. The van der Waals surface area contributed by atoms with E-state index in [1.54, 1.807) is 31.3 Å². The third-order valence-corrected chi connectivity index (χ3v) is 8.73. The maximum absolute atomic E-state index is 15.1. The molecule has 2 aromatic heterocycles. The van der Waals surface area contributed by atoms with Gasteiger partial charge in [0.1, 0.15) is 17.2 Å². The topological polar surface area (TPSA) is 89.8 Å².